The molecule has 1 unspecified atom stereocenters. The lowest BCUT2D eigenvalue weighted by Gasteiger charge is -2.30. The highest BCUT2D eigenvalue weighted by Crippen LogP contribution is 2.14. The van der Waals surface area contributed by atoms with E-state index >= 15 is 0 Å². The van der Waals surface area contributed by atoms with Crippen LogP contribution in [0.15, 0.2) is 24.3 Å². The highest BCUT2D eigenvalue weighted by Gasteiger charge is 2.22. The van der Waals surface area contributed by atoms with Gasteiger partial charge in [-0.15, -0.1) is 12.4 Å². The van der Waals surface area contributed by atoms with Crippen LogP contribution < -0.4 is 11.1 Å². The van der Waals surface area contributed by atoms with E-state index in [2.05, 4.69) is 26.1 Å². The van der Waals surface area contributed by atoms with Crippen molar-refractivity contribution in [1.82, 2.24) is 10.2 Å². The lowest BCUT2D eigenvalue weighted by molar-refractivity contribution is 0.0708. The molecule has 134 valence electrons. The third-order valence-corrected chi connectivity index (χ3v) is 3.92. The van der Waals surface area contributed by atoms with E-state index in [-0.39, 0.29) is 35.7 Å². The van der Waals surface area contributed by atoms with Crippen molar-refractivity contribution in [2.75, 3.05) is 19.6 Å². The van der Waals surface area contributed by atoms with Crippen molar-refractivity contribution in [3.8, 4) is 0 Å². The number of halogens is 1. The van der Waals surface area contributed by atoms with E-state index in [0.29, 0.717) is 24.2 Å². The highest BCUT2D eigenvalue weighted by molar-refractivity contribution is 5.97. The Balaban J connectivity index is 0.00000288. The summed E-state index contributed by atoms with van der Waals surface area (Å²) in [6.45, 7) is 8.17. The maximum atomic E-state index is 12.5. The number of carbonyl (C=O) groups is 2. The van der Waals surface area contributed by atoms with Gasteiger partial charge in [0.25, 0.3) is 11.8 Å². The molecule has 6 heteroatoms. The first-order valence-corrected chi connectivity index (χ1v) is 8.19. The van der Waals surface area contributed by atoms with Gasteiger partial charge in [0.15, 0.2) is 0 Å². The quantitative estimate of drug-likeness (QED) is 0.876. The van der Waals surface area contributed by atoms with Gasteiger partial charge < -0.3 is 16.0 Å². The van der Waals surface area contributed by atoms with Crippen LogP contribution in [0.2, 0.25) is 0 Å². The van der Waals surface area contributed by atoms with Gasteiger partial charge in [0, 0.05) is 36.8 Å². The molecule has 0 aromatic heterocycles. The van der Waals surface area contributed by atoms with Gasteiger partial charge in [-0.3, -0.25) is 9.59 Å². The molecule has 1 atom stereocenters. The number of nitrogens with one attached hydrogen (secondary N) is 1. The van der Waals surface area contributed by atoms with Crippen LogP contribution in [0.4, 0.5) is 0 Å². The SMILES string of the molecule is CC(C)(C)CNC(=O)c1ccc(C(=O)N2CCCC(N)C2)cc1.Cl. The number of nitrogens with zero attached hydrogens (tertiary/aromatic N) is 1. The third kappa shape index (κ3) is 5.80. The van der Waals surface area contributed by atoms with Gasteiger partial charge in [-0.2, -0.15) is 0 Å². The maximum Gasteiger partial charge on any atom is 0.253 e. The summed E-state index contributed by atoms with van der Waals surface area (Å²) in [6.07, 6.45) is 1.91. The molecule has 24 heavy (non-hydrogen) atoms. The van der Waals surface area contributed by atoms with Gasteiger partial charge in [0.2, 0.25) is 0 Å². The zero-order chi connectivity index (χ0) is 17.0. The number of carbonyl (C=O) groups excluding carboxylic acids is 2. The fraction of sp³-hybridized carbons (Fsp3) is 0.556. The second kappa shape index (κ2) is 8.49. The molecule has 5 nitrogen and oxygen atoms in total. The van der Waals surface area contributed by atoms with Crippen molar-refractivity contribution < 1.29 is 9.59 Å². The van der Waals surface area contributed by atoms with Crippen LogP contribution in [0.5, 0.6) is 0 Å². The smallest absolute Gasteiger partial charge is 0.253 e. The van der Waals surface area contributed by atoms with Crippen molar-refractivity contribution in [3.05, 3.63) is 35.4 Å². The number of hydrogen-bond acceptors (Lipinski definition) is 3. The molecule has 2 amide bonds. The van der Waals surface area contributed by atoms with Crippen molar-refractivity contribution in [2.24, 2.45) is 11.1 Å². The summed E-state index contributed by atoms with van der Waals surface area (Å²) >= 11 is 0. The van der Waals surface area contributed by atoms with Crippen LogP contribution in [0.3, 0.4) is 0 Å². The molecule has 0 saturated carbocycles. The molecular formula is C18H28ClN3O2. The number of likely N-dealkylation sites (tertiary alicyclic amines) is 1. The zero-order valence-corrected chi connectivity index (χ0v) is 15.5. The topological polar surface area (TPSA) is 75.4 Å². The molecule has 0 spiro atoms. The Kier molecular flexibility index (Phi) is 7.24. The van der Waals surface area contributed by atoms with E-state index in [1.165, 1.54) is 0 Å². The summed E-state index contributed by atoms with van der Waals surface area (Å²) in [7, 11) is 0. The molecule has 1 aromatic carbocycles. The molecule has 2 rings (SSSR count). The average molecular weight is 354 g/mol. The average Bonchev–Trinajstić information content (AvgIpc) is 2.51. The molecule has 0 bridgehead atoms. The normalized spacial score (nSPS) is 17.8. The minimum atomic E-state index is -0.112. The molecule has 1 saturated heterocycles. The summed E-state index contributed by atoms with van der Waals surface area (Å²) in [4.78, 5) is 26.3. The van der Waals surface area contributed by atoms with E-state index in [1.54, 1.807) is 29.2 Å². The standard InChI is InChI=1S/C18H27N3O2.ClH/c1-18(2,3)12-20-16(22)13-6-8-14(9-7-13)17(23)21-10-4-5-15(19)11-21;/h6-9,15H,4-5,10-12,19H2,1-3H3,(H,20,22);1H. The molecule has 1 aliphatic rings. The van der Waals surface area contributed by atoms with E-state index in [4.69, 9.17) is 5.73 Å². The number of rotatable bonds is 3. The van der Waals surface area contributed by atoms with Gasteiger partial charge in [0.1, 0.15) is 0 Å². The maximum absolute atomic E-state index is 12.5. The second-order valence-corrected chi connectivity index (χ2v) is 7.47. The Morgan fingerprint density at radius 3 is 2.33 bits per heavy atom. The zero-order valence-electron chi connectivity index (χ0n) is 14.7. The molecule has 1 fully saturated rings. The number of hydrogen-bond donors (Lipinski definition) is 2. The van der Waals surface area contributed by atoms with E-state index in [0.717, 1.165) is 19.4 Å². The fourth-order valence-corrected chi connectivity index (χ4v) is 2.59. The number of amides is 2. The van der Waals surface area contributed by atoms with Gasteiger partial charge >= 0.3 is 0 Å². The van der Waals surface area contributed by atoms with Crippen LogP contribution in [0, 0.1) is 5.41 Å². The summed E-state index contributed by atoms with van der Waals surface area (Å²) in [5.74, 6) is -0.124. The lowest BCUT2D eigenvalue weighted by atomic mass is 9.97. The summed E-state index contributed by atoms with van der Waals surface area (Å²) < 4.78 is 0. The van der Waals surface area contributed by atoms with Crippen molar-refractivity contribution in [3.63, 3.8) is 0 Å². The van der Waals surface area contributed by atoms with Gasteiger partial charge in [-0.25, -0.2) is 0 Å². The van der Waals surface area contributed by atoms with Gasteiger partial charge in [0.05, 0.1) is 0 Å². The first kappa shape index (κ1) is 20.5. The summed E-state index contributed by atoms with van der Waals surface area (Å²) in [5, 5.41) is 2.91. The Morgan fingerprint density at radius 2 is 1.79 bits per heavy atom. The highest BCUT2D eigenvalue weighted by atomic mass is 35.5. The van der Waals surface area contributed by atoms with Crippen LogP contribution >= 0.6 is 12.4 Å². The molecule has 0 radical (unpaired) electrons. The van der Waals surface area contributed by atoms with Crippen molar-refractivity contribution in [2.45, 2.75) is 39.7 Å². The molecular weight excluding hydrogens is 326 g/mol. The van der Waals surface area contributed by atoms with Crippen LogP contribution in [0.1, 0.15) is 54.3 Å². The van der Waals surface area contributed by atoms with Crippen LogP contribution in [-0.2, 0) is 0 Å². The minimum absolute atomic E-state index is 0. The number of piperidine rings is 1. The number of benzene rings is 1. The third-order valence-electron chi connectivity index (χ3n) is 3.92. The first-order chi connectivity index (χ1) is 10.8. The summed E-state index contributed by atoms with van der Waals surface area (Å²) in [5.41, 5.74) is 7.14. The number of nitrogens with two attached hydrogens (primary N) is 1. The van der Waals surface area contributed by atoms with Gasteiger partial charge in [-0.1, -0.05) is 20.8 Å². The second-order valence-electron chi connectivity index (χ2n) is 7.47. The predicted octanol–water partition coefficient (Wildman–Crippen LogP) is 2.45. The van der Waals surface area contributed by atoms with Crippen LogP contribution in [-0.4, -0.2) is 42.4 Å². The Labute approximate surface area is 150 Å². The Bertz CT molecular complexity index is 567. The largest absolute Gasteiger partial charge is 0.352 e. The Hall–Kier alpha value is -1.59. The predicted molar refractivity (Wildman–Crippen MR) is 98.6 cm³/mol. The molecule has 1 aliphatic heterocycles. The minimum Gasteiger partial charge on any atom is -0.352 e. The van der Waals surface area contributed by atoms with E-state index < -0.39 is 0 Å². The summed E-state index contributed by atoms with van der Waals surface area (Å²) in [6, 6.07) is 6.91. The monoisotopic (exact) mass is 353 g/mol. The molecule has 1 aromatic rings. The van der Waals surface area contributed by atoms with E-state index in [1.807, 2.05) is 0 Å². The van der Waals surface area contributed by atoms with Crippen molar-refractivity contribution in [1.29, 1.82) is 0 Å². The molecule has 3 N–H and O–H groups in total. The van der Waals surface area contributed by atoms with E-state index in [9.17, 15) is 9.59 Å². The van der Waals surface area contributed by atoms with Crippen molar-refractivity contribution >= 4 is 24.2 Å². The van der Waals surface area contributed by atoms with Gasteiger partial charge in [-0.05, 0) is 42.5 Å². The van der Waals surface area contributed by atoms with Crippen LogP contribution in [0.25, 0.3) is 0 Å². The molecule has 1 heterocycles. The lowest BCUT2D eigenvalue weighted by Crippen LogP contribution is -2.45. The Morgan fingerprint density at radius 1 is 1.21 bits per heavy atom. The first-order valence-electron chi connectivity index (χ1n) is 8.19. The molecule has 0 aliphatic carbocycles. The fourth-order valence-electron chi connectivity index (χ4n) is 2.59.